The summed E-state index contributed by atoms with van der Waals surface area (Å²) < 4.78 is 18.3. The van der Waals surface area contributed by atoms with Crippen LogP contribution < -0.4 is 5.32 Å². The van der Waals surface area contributed by atoms with Gasteiger partial charge < -0.3 is 10.1 Å². The lowest BCUT2D eigenvalue weighted by atomic mass is 9.98. The predicted molar refractivity (Wildman–Crippen MR) is 65.3 cm³/mol. The lowest BCUT2D eigenvalue weighted by molar-refractivity contribution is 0.162. The van der Waals surface area contributed by atoms with Gasteiger partial charge in [-0.25, -0.2) is 4.39 Å². The summed E-state index contributed by atoms with van der Waals surface area (Å²) in [6.45, 7) is 3.96. The first-order valence-electron chi connectivity index (χ1n) is 5.51. The van der Waals surface area contributed by atoms with Crippen LogP contribution in [-0.2, 0) is 4.74 Å². The normalized spacial score (nSPS) is 13.8. The maximum atomic E-state index is 13.2. The maximum absolute atomic E-state index is 13.2. The Morgan fingerprint density at radius 3 is 2.65 bits per heavy atom. The van der Waals surface area contributed by atoms with Crippen molar-refractivity contribution in [3.05, 3.63) is 29.6 Å². The highest BCUT2D eigenvalue weighted by Crippen LogP contribution is 2.21. The molecular formula is C13H17FN2O. The standard InChI is InChI=1S/C13H17FN2O/c1-4-13(8-15,9-17-3)16-12-6-10(2)5-11(14)7-12/h5-7,16H,4,9H2,1-3H3. The molecule has 1 aromatic rings. The van der Waals surface area contributed by atoms with Crippen molar-refractivity contribution < 1.29 is 9.13 Å². The third-order valence-electron chi connectivity index (χ3n) is 2.63. The lowest BCUT2D eigenvalue weighted by Crippen LogP contribution is -2.40. The van der Waals surface area contributed by atoms with Crippen molar-refractivity contribution in [2.45, 2.75) is 25.8 Å². The Kier molecular flexibility index (Phi) is 4.47. The van der Waals surface area contributed by atoms with E-state index in [0.717, 1.165) is 5.56 Å². The third kappa shape index (κ3) is 3.43. The SMILES string of the molecule is CCC(C#N)(COC)Nc1cc(C)cc(F)c1. The van der Waals surface area contributed by atoms with Crippen molar-refractivity contribution in [2.24, 2.45) is 0 Å². The van der Waals surface area contributed by atoms with Crippen molar-refractivity contribution in [3.8, 4) is 6.07 Å². The minimum absolute atomic E-state index is 0.259. The van der Waals surface area contributed by atoms with E-state index in [0.29, 0.717) is 12.1 Å². The molecule has 0 aromatic heterocycles. The molecule has 1 atom stereocenters. The Balaban J connectivity index is 2.97. The van der Waals surface area contributed by atoms with Crippen LogP contribution >= 0.6 is 0 Å². The van der Waals surface area contributed by atoms with Crippen molar-refractivity contribution in [2.75, 3.05) is 19.0 Å². The molecule has 0 saturated heterocycles. The summed E-state index contributed by atoms with van der Waals surface area (Å²) >= 11 is 0. The molecule has 1 aromatic carbocycles. The summed E-state index contributed by atoms with van der Waals surface area (Å²) in [5.74, 6) is -0.312. The van der Waals surface area contributed by atoms with E-state index >= 15 is 0 Å². The minimum Gasteiger partial charge on any atom is -0.381 e. The van der Waals surface area contributed by atoms with E-state index in [4.69, 9.17) is 4.74 Å². The van der Waals surface area contributed by atoms with Crippen LogP contribution in [0.2, 0.25) is 0 Å². The summed E-state index contributed by atoms with van der Waals surface area (Å²) in [5.41, 5.74) is 0.602. The van der Waals surface area contributed by atoms with Gasteiger partial charge >= 0.3 is 0 Å². The van der Waals surface area contributed by atoms with Crippen molar-refractivity contribution in [3.63, 3.8) is 0 Å². The Labute approximate surface area is 101 Å². The van der Waals surface area contributed by atoms with E-state index in [1.807, 2.05) is 13.8 Å². The van der Waals surface area contributed by atoms with E-state index in [-0.39, 0.29) is 12.4 Å². The van der Waals surface area contributed by atoms with Gasteiger partial charge in [0, 0.05) is 12.8 Å². The highest BCUT2D eigenvalue weighted by Gasteiger charge is 2.27. The molecule has 0 heterocycles. The number of nitrogens with zero attached hydrogens (tertiary/aromatic N) is 1. The molecule has 17 heavy (non-hydrogen) atoms. The second kappa shape index (κ2) is 5.65. The first-order valence-corrected chi connectivity index (χ1v) is 5.51. The zero-order chi connectivity index (χ0) is 12.9. The highest BCUT2D eigenvalue weighted by molar-refractivity contribution is 5.50. The van der Waals surface area contributed by atoms with Crippen LogP contribution in [0.15, 0.2) is 18.2 Å². The monoisotopic (exact) mass is 236 g/mol. The molecule has 92 valence electrons. The molecule has 1 unspecified atom stereocenters. The fraction of sp³-hybridized carbons (Fsp3) is 0.462. The van der Waals surface area contributed by atoms with E-state index in [2.05, 4.69) is 11.4 Å². The first kappa shape index (κ1) is 13.5. The van der Waals surface area contributed by atoms with Crippen LogP contribution in [0, 0.1) is 24.1 Å². The van der Waals surface area contributed by atoms with Crippen LogP contribution in [0.1, 0.15) is 18.9 Å². The Bertz CT molecular complexity index is 408. The Morgan fingerprint density at radius 1 is 1.47 bits per heavy atom. The average Bonchev–Trinajstić information content (AvgIpc) is 2.27. The van der Waals surface area contributed by atoms with Gasteiger partial charge in [0.05, 0.1) is 12.7 Å². The molecule has 1 rings (SSSR count). The van der Waals surface area contributed by atoms with Crippen molar-refractivity contribution in [1.29, 1.82) is 5.26 Å². The third-order valence-corrected chi connectivity index (χ3v) is 2.63. The molecule has 0 saturated carbocycles. The number of benzene rings is 1. The minimum atomic E-state index is -0.811. The molecule has 3 nitrogen and oxygen atoms in total. The summed E-state index contributed by atoms with van der Waals surface area (Å²) in [4.78, 5) is 0. The van der Waals surface area contributed by atoms with E-state index < -0.39 is 5.54 Å². The lowest BCUT2D eigenvalue weighted by Gasteiger charge is -2.27. The quantitative estimate of drug-likeness (QED) is 0.855. The van der Waals surface area contributed by atoms with E-state index in [9.17, 15) is 9.65 Å². The Morgan fingerprint density at radius 2 is 2.18 bits per heavy atom. The molecule has 0 radical (unpaired) electrons. The number of nitriles is 1. The zero-order valence-corrected chi connectivity index (χ0v) is 10.4. The number of methoxy groups -OCH3 is 1. The van der Waals surface area contributed by atoms with E-state index in [1.165, 1.54) is 12.1 Å². The number of halogens is 1. The fourth-order valence-electron chi connectivity index (χ4n) is 1.70. The predicted octanol–water partition coefficient (Wildman–Crippen LogP) is 2.86. The van der Waals surface area contributed by atoms with Gasteiger partial charge in [-0.15, -0.1) is 0 Å². The summed E-state index contributed by atoms with van der Waals surface area (Å²) in [5, 5.41) is 12.3. The molecule has 0 aliphatic rings. The van der Waals surface area contributed by atoms with Gasteiger partial charge in [0.1, 0.15) is 11.4 Å². The van der Waals surface area contributed by atoms with Crippen LogP contribution in [0.5, 0.6) is 0 Å². The highest BCUT2D eigenvalue weighted by atomic mass is 19.1. The molecular weight excluding hydrogens is 219 g/mol. The van der Waals surface area contributed by atoms with Gasteiger partial charge in [0.15, 0.2) is 0 Å². The van der Waals surface area contributed by atoms with Gasteiger partial charge in [0.25, 0.3) is 0 Å². The van der Waals surface area contributed by atoms with Crippen molar-refractivity contribution in [1.82, 2.24) is 0 Å². The fourth-order valence-corrected chi connectivity index (χ4v) is 1.70. The zero-order valence-electron chi connectivity index (χ0n) is 10.4. The second-order valence-electron chi connectivity index (χ2n) is 4.12. The summed E-state index contributed by atoms with van der Waals surface area (Å²) in [6.07, 6.45) is 0.576. The maximum Gasteiger partial charge on any atom is 0.148 e. The largest absolute Gasteiger partial charge is 0.381 e. The number of aryl methyl sites for hydroxylation is 1. The Hall–Kier alpha value is -1.60. The number of nitrogens with one attached hydrogen (secondary N) is 1. The van der Waals surface area contributed by atoms with Gasteiger partial charge in [0.2, 0.25) is 0 Å². The summed E-state index contributed by atoms with van der Waals surface area (Å²) in [7, 11) is 1.54. The number of anilines is 1. The molecule has 0 aliphatic carbocycles. The smallest absolute Gasteiger partial charge is 0.148 e. The van der Waals surface area contributed by atoms with Crippen LogP contribution in [0.3, 0.4) is 0 Å². The van der Waals surface area contributed by atoms with Crippen LogP contribution in [-0.4, -0.2) is 19.3 Å². The van der Waals surface area contributed by atoms with E-state index in [1.54, 1.807) is 13.2 Å². The molecule has 0 amide bonds. The van der Waals surface area contributed by atoms with Crippen LogP contribution in [0.4, 0.5) is 10.1 Å². The van der Waals surface area contributed by atoms with Crippen LogP contribution in [0.25, 0.3) is 0 Å². The summed E-state index contributed by atoms with van der Waals surface area (Å²) in [6, 6.07) is 6.83. The number of hydrogen-bond donors (Lipinski definition) is 1. The molecule has 0 aliphatic heterocycles. The number of rotatable bonds is 5. The molecule has 0 bridgehead atoms. The molecule has 4 heteroatoms. The number of ether oxygens (including phenoxy) is 1. The second-order valence-corrected chi connectivity index (χ2v) is 4.12. The molecule has 1 N–H and O–H groups in total. The molecule has 0 spiro atoms. The first-order chi connectivity index (χ1) is 8.05. The average molecular weight is 236 g/mol. The van der Waals surface area contributed by atoms with Gasteiger partial charge in [-0.3, -0.25) is 0 Å². The van der Waals surface area contributed by atoms with Gasteiger partial charge in [-0.2, -0.15) is 5.26 Å². The topological polar surface area (TPSA) is 45.0 Å². The van der Waals surface area contributed by atoms with Crippen molar-refractivity contribution >= 4 is 5.69 Å². The van der Waals surface area contributed by atoms with Gasteiger partial charge in [-0.05, 0) is 37.1 Å². The molecule has 0 fully saturated rings. The number of hydrogen-bond acceptors (Lipinski definition) is 3. The van der Waals surface area contributed by atoms with Gasteiger partial charge in [-0.1, -0.05) is 6.92 Å².